The molecule has 1 saturated carbocycles. The summed E-state index contributed by atoms with van der Waals surface area (Å²) in [5.41, 5.74) is 2.12. The molecule has 1 atom stereocenters. The van der Waals surface area contributed by atoms with Crippen LogP contribution in [0.3, 0.4) is 0 Å². The van der Waals surface area contributed by atoms with E-state index in [1.54, 1.807) is 42.5 Å². The number of carbonyl (C=O) groups excluding carboxylic acids is 2. The van der Waals surface area contributed by atoms with Gasteiger partial charge in [-0.15, -0.1) is 0 Å². The van der Waals surface area contributed by atoms with E-state index < -0.39 is 28.5 Å². The number of para-hydroxylation sites is 2. The molecule has 0 unspecified atom stereocenters. The van der Waals surface area contributed by atoms with E-state index in [4.69, 9.17) is 4.74 Å². The smallest absolute Gasteiger partial charge is 0.264 e. The van der Waals surface area contributed by atoms with Crippen LogP contribution in [0.4, 0.5) is 5.69 Å². The van der Waals surface area contributed by atoms with E-state index in [0.29, 0.717) is 12.2 Å². The van der Waals surface area contributed by atoms with Crippen LogP contribution in [0, 0.1) is 6.92 Å². The zero-order valence-corrected chi connectivity index (χ0v) is 25.5. The summed E-state index contributed by atoms with van der Waals surface area (Å²) in [6.45, 7) is 3.51. The van der Waals surface area contributed by atoms with Gasteiger partial charge in [0.25, 0.3) is 10.0 Å². The van der Waals surface area contributed by atoms with Crippen LogP contribution in [0.15, 0.2) is 83.8 Å². The molecule has 2 amide bonds. The molecular formula is C33H41N3O5S. The molecule has 9 heteroatoms. The third kappa shape index (κ3) is 7.31. The third-order valence-electron chi connectivity index (χ3n) is 7.90. The zero-order valence-electron chi connectivity index (χ0n) is 24.7. The Balaban J connectivity index is 1.73. The van der Waals surface area contributed by atoms with Gasteiger partial charge >= 0.3 is 0 Å². The largest absolute Gasteiger partial charge is 0.495 e. The van der Waals surface area contributed by atoms with E-state index in [-0.39, 0.29) is 29.1 Å². The summed E-state index contributed by atoms with van der Waals surface area (Å²) in [6.07, 6.45) is 5.53. The van der Waals surface area contributed by atoms with Crippen LogP contribution >= 0.6 is 0 Å². The van der Waals surface area contributed by atoms with Crippen LogP contribution < -0.4 is 14.4 Å². The standard InChI is InChI=1S/C33H41N3O5S/c1-4-29(33(38)34-27-17-7-5-8-18-27)35(23-26-16-12-11-15-25(26)2)32(37)24-36(30-21-13-14-22-31(30)41-3)42(39,40)28-19-9-6-10-20-28/h6,9-16,19-22,27,29H,4-5,7-8,17-18,23-24H2,1-3H3,(H,34,38)/t29-/m1/s1. The van der Waals surface area contributed by atoms with E-state index in [9.17, 15) is 18.0 Å². The van der Waals surface area contributed by atoms with E-state index >= 15 is 0 Å². The highest BCUT2D eigenvalue weighted by molar-refractivity contribution is 7.92. The molecule has 0 bridgehead atoms. The monoisotopic (exact) mass is 591 g/mol. The third-order valence-corrected chi connectivity index (χ3v) is 9.68. The number of hydrogen-bond donors (Lipinski definition) is 1. The minimum atomic E-state index is -4.17. The predicted octanol–water partition coefficient (Wildman–Crippen LogP) is 5.46. The van der Waals surface area contributed by atoms with Gasteiger partial charge in [0.15, 0.2) is 0 Å². The van der Waals surface area contributed by atoms with Crippen molar-refractivity contribution in [2.75, 3.05) is 18.0 Å². The van der Waals surface area contributed by atoms with Crippen molar-refractivity contribution in [3.8, 4) is 5.75 Å². The molecule has 0 aliphatic heterocycles. The zero-order chi connectivity index (χ0) is 30.1. The maximum absolute atomic E-state index is 14.3. The summed E-state index contributed by atoms with van der Waals surface area (Å²) >= 11 is 0. The van der Waals surface area contributed by atoms with Gasteiger partial charge in [-0.05, 0) is 61.6 Å². The number of amides is 2. The number of carbonyl (C=O) groups is 2. The number of aryl methyl sites for hydroxylation is 1. The first-order valence-electron chi connectivity index (χ1n) is 14.6. The summed E-state index contributed by atoms with van der Waals surface area (Å²) in [4.78, 5) is 29.6. The van der Waals surface area contributed by atoms with Crippen LogP contribution in [0.5, 0.6) is 5.75 Å². The molecule has 4 rings (SSSR count). The van der Waals surface area contributed by atoms with Gasteiger partial charge in [-0.1, -0.05) is 80.8 Å². The number of anilines is 1. The van der Waals surface area contributed by atoms with Gasteiger partial charge in [-0.25, -0.2) is 8.42 Å². The topological polar surface area (TPSA) is 96.0 Å². The van der Waals surface area contributed by atoms with Crippen molar-refractivity contribution in [2.24, 2.45) is 0 Å². The Morgan fingerprint density at radius 1 is 0.929 bits per heavy atom. The quantitative estimate of drug-likeness (QED) is 0.302. The number of nitrogens with zero attached hydrogens (tertiary/aromatic N) is 2. The average molecular weight is 592 g/mol. The maximum atomic E-state index is 14.3. The predicted molar refractivity (Wildman–Crippen MR) is 165 cm³/mol. The molecule has 1 fully saturated rings. The normalized spacial score (nSPS) is 14.5. The number of nitrogens with one attached hydrogen (secondary N) is 1. The molecule has 0 radical (unpaired) electrons. The summed E-state index contributed by atoms with van der Waals surface area (Å²) in [5.74, 6) is -0.368. The lowest BCUT2D eigenvalue weighted by atomic mass is 9.95. The first-order chi connectivity index (χ1) is 20.3. The Labute approximate surface area is 249 Å². The molecule has 3 aromatic rings. The molecule has 1 aliphatic carbocycles. The number of benzene rings is 3. The summed E-state index contributed by atoms with van der Waals surface area (Å²) < 4.78 is 34.6. The highest BCUT2D eigenvalue weighted by atomic mass is 32.2. The number of rotatable bonds is 12. The van der Waals surface area contributed by atoms with Crippen LogP contribution in [0.2, 0.25) is 0 Å². The lowest BCUT2D eigenvalue weighted by Gasteiger charge is -2.35. The average Bonchev–Trinajstić information content (AvgIpc) is 3.01. The van der Waals surface area contributed by atoms with Crippen molar-refractivity contribution in [3.63, 3.8) is 0 Å². The maximum Gasteiger partial charge on any atom is 0.264 e. The fourth-order valence-corrected chi connectivity index (χ4v) is 6.95. The molecule has 0 heterocycles. The Morgan fingerprint density at radius 3 is 2.24 bits per heavy atom. The molecule has 42 heavy (non-hydrogen) atoms. The Hall–Kier alpha value is -3.85. The molecule has 1 N–H and O–H groups in total. The van der Waals surface area contributed by atoms with Gasteiger partial charge in [0, 0.05) is 12.6 Å². The SMILES string of the molecule is CC[C@H](C(=O)NC1CCCCC1)N(Cc1ccccc1C)C(=O)CN(c1ccccc1OC)S(=O)(=O)c1ccccc1. The van der Waals surface area contributed by atoms with Gasteiger partial charge in [0.1, 0.15) is 18.3 Å². The van der Waals surface area contributed by atoms with E-state index in [2.05, 4.69) is 5.32 Å². The van der Waals surface area contributed by atoms with Gasteiger partial charge < -0.3 is 15.0 Å². The minimum absolute atomic E-state index is 0.0521. The first kappa shape index (κ1) is 31.1. The number of methoxy groups -OCH3 is 1. The van der Waals surface area contributed by atoms with Crippen LogP contribution in [0.1, 0.15) is 56.6 Å². The fraction of sp³-hybridized carbons (Fsp3) is 0.394. The Bertz CT molecular complexity index is 1460. The van der Waals surface area contributed by atoms with Crippen molar-refractivity contribution < 1.29 is 22.7 Å². The number of sulfonamides is 1. The number of ether oxygens (including phenoxy) is 1. The van der Waals surface area contributed by atoms with Crippen molar-refractivity contribution in [2.45, 2.75) is 75.9 Å². The highest BCUT2D eigenvalue weighted by Gasteiger charge is 2.35. The van der Waals surface area contributed by atoms with Gasteiger partial charge in [0.2, 0.25) is 11.8 Å². The second-order valence-corrected chi connectivity index (χ2v) is 12.6. The minimum Gasteiger partial charge on any atom is -0.495 e. The van der Waals surface area contributed by atoms with Crippen LogP contribution in [0.25, 0.3) is 0 Å². The lowest BCUT2D eigenvalue weighted by Crippen LogP contribution is -2.54. The molecule has 224 valence electrons. The fourth-order valence-electron chi connectivity index (χ4n) is 5.50. The number of hydrogen-bond acceptors (Lipinski definition) is 5. The Kier molecular flexibility index (Phi) is 10.6. The lowest BCUT2D eigenvalue weighted by molar-refractivity contribution is -0.140. The summed E-state index contributed by atoms with van der Waals surface area (Å²) in [5, 5.41) is 3.18. The van der Waals surface area contributed by atoms with E-state index in [1.165, 1.54) is 24.1 Å². The molecule has 0 aromatic heterocycles. The second-order valence-electron chi connectivity index (χ2n) is 10.7. The van der Waals surface area contributed by atoms with Crippen molar-refractivity contribution in [1.29, 1.82) is 0 Å². The highest BCUT2D eigenvalue weighted by Crippen LogP contribution is 2.32. The van der Waals surface area contributed by atoms with Gasteiger partial charge in [-0.2, -0.15) is 0 Å². The van der Waals surface area contributed by atoms with E-state index in [1.807, 2.05) is 38.1 Å². The summed E-state index contributed by atoms with van der Waals surface area (Å²) in [7, 11) is -2.71. The summed E-state index contributed by atoms with van der Waals surface area (Å²) in [6, 6.07) is 21.8. The molecule has 1 aliphatic rings. The van der Waals surface area contributed by atoms with Gasteiger partial charge in [-0.3, -0.25) is 13.9 Å². The molecule has 3 aromatic carbocycles. The first-order valence-corrected chi connectivity index (χ1v) is 16.1. The second kappa shape index (κ2) is 14.4. The van der Waals surface area contributed by atoms with Crippen LogP contribution in [-0.2, 0) is 26.2 Å². The van der Waals surface area contributed by atoms with Crippen molar-refractivity contribution in [3.05, 3.63) is 90.0 Å². The molecule has 0 spiro atoms. The Morgan fingerprint density at radius 2 is 1.57 bits per heavy atom. The van der Waals surface area contributed by atoms with Crippen molar-refractivity contribution in [1.82, 2.24) is 10.2 Å². The van der Waals surface area contributed by atoms with Gasteiger partial charge in [0.05, 0.1) is 17.7 Å². The van der Waals surface area contributed by atoms with E-state index in [0.717, 1.165) is 47.5 Å². The molecule has 0 saturated heterocycles. The molecule has 8 nitrogen and oxygen atoms in total. The van der Waals surface area contributed by atoms with Crippen molar-refractivity contribution >= 4 is 27.5 Å². The van der Waals surface area contributed by atoms with Crippen LogP contribution in [-0.4, -0.2) is 50.9 Å². The molecular weight excluding hydrogens is 550 g/mol.